The molecule has 0 unspecified atom stereocenters. The molecule has 1 aliphatic carbocycles. The summed E-state index contributed by atoms with van der Waals surface area (Å²) in [5, 5.41) is 6.10. The summed E-state index contributed by atoms with van der Waals surface area (Å²) < 4.78 is 10.1. The van der Waals surface area contributed by atoms with E-state index in [-0.39, 0.29) is 24.1 Å². The van der Waals surface area contributed by atoms with E-state index in [1.54, 1.807) is 19.1 Å². The summed E-state index contributed by atoms with van der Waals surface area (Å²) in [6.45, 7) is 1.09. The van der Waals surface area contributed by atoms with E-state index < -0.39 is 36.4 Å². The lowest BCUT2D eigenvalue weighted by molar-refractivity contribution is -0.160. The average Bonchev–Trinajstić information content (AvgIpc) is 3.31. The number of allylic oxidation sites excluding steroid dienone is 2. The van der Waals surface area contributed by atoms with Crippen LogP contribution in [0.3, 0.4) is 0 Å². The van der Waals surface area contributed by atoms with Crippen LogP contribution in [0, 0.1) is 18.8 Å². The highest BCUT2D eigenvalue weighted by molar-refractivity contribution is 6.08. The third-order valence-electron chi connectivity index (χ3n) is 5.64. The second-order valence-corrected chi connectivity index (χ2v) is 7.89. The molecule has 2 aliphatic rings. The first-order valence-corrected chi connectivity index (χ1v) is 10.4. The Labute approximate surface area is 184 Å². The van der Waals surface area contributed by atoms with Crippen LogP contribution in [-0.2, 0) is 30.3 Å². The molecule has 166 valence electrons. The maximum absolute atomic E-state index is 13.0. The zero-order valence-electron chi connectivity index (χ0n) is 17.5. The van der Waals surface area contributed by atoms with Gasteiger partial charge in [-0.3, -0.25) is 19.3 Å². The molecule has 1 aromatic carbocycles. The fourth-order valence-corrected chi connectivity index (χ4v) is 4.09. The van der Waals surface area contributed by atoms with Crippen molar-refractivity contribution in [2.45, 2.75) is 32.2 Å². The standard InChI is InChI=1S/C23H23N3O6/c1-14-11-19(25-32-14)24-20(27)13-31-23(30)18(12-15-7-3-2-4-8-15)26-21(28)16-9-5-6-10-17(16)22(26)29/h2-8,11,16-18H,9-10,12-13H2,1H3,(H,24,25,27)/t16-,17-,18-/m0/s1. The number of carbonyl (C=O) groups is 4. The van der Waals surface area contributed by atoms with E-state index in [0.717, 1.165) is 10.5 Å². The van der Waals surface area contributed by atoms with E-state index in [0.29, 0.717) is 18.6 Å². The number of aromatic nitrogens is 1. The summed E-state index contributed by atoms with van der Waals surface area (Å²) in [6.07, 6.45) is 4.82. The van der Waals surface area contributed by atoms with Crippen molar-refractivity contribution in [3.63, 3.8) is 0 Å². The Bertz CT molecular complexity index is 1030. The summed E-state index contributed by atoms with van der Waals surface area (Å²) >= 11 is 0. The molecule has 3 atom stereocenters. The van der Waals surface area contributed by atoms with Gasteiger partial charge in [-0.05, 0) is 25.3 Å². The van der Waals surface area contributed by atoms with Gasteiger partial charge in [-0.15, -0.1) is 0 Å². The van der Waals surface area contributed by atoms with Crippen molar-refractivity contribution in [2.24, 2.45) is 11.8 Å². The molecule has 1 fully saturated rings. The second-order valence-electron chi connectivity index (χ2n) is 7.89. The number of carbonyl (C=O) groups excluding carboxylic acids is 4. The van der Waals surface area contributed by atoms with Gasteiger partial charge in [0.25, 0.3) is 5.91 Å². The Morgan fingerprint density at radius 3 is 2.41 bits per heavy atom. The van der Waals surface area contributed by atoms with Gasteiger partial charge in [0.15, 0.2) is 12.4 Å². The lowest BCUT2D eigenvalue weighted by atomic mass is 9.85. The van der Waals surface area contributed by atoms with E-state index in [4.69, 9.17) is 9.26 Å². The summed E-state index contributed by atoms with van der Waals surface area (Å²) in [4.78, 5) is 52.2. The molecule has 0 bridgehead atoms. The topological polar surface area (TPSA) is 119 Å². The zero-order valence-corrected chi connectivity index (χ0v) is 17.5. The van der Waals surface area contributed by atoms with E-state index >= 15 is 0 Å². The molecule has 1 saturated heterocycles. The first kappa shape index (κ1) is 21.5. The zero-order chi connectivity index (χ0) is 22.7. The molecule has 2 aromatic rings. The number of fused-ring (bicyclic) bond motifs is 1. The molecule has 32 heavy (non-hydrogen) atoms. The molecule has 0 saturated carbocycles. The minimum absolute atomic E-state index is 0.105. The normalized spacial score (nSPS) is 20.7. The summed E-state index contributed by atoms with van der Waals surface area (Å²) in [7, 11) is 0. The van der Waals surface area contributed by atoms with Crippen molar-refractivity contribution in [1.82, 2.24) is 10.1 Å². The van der Waals surface area contributed by atoms with Crippen LogP contribution in [-0.4, -0.2) is 46.4 Å². The number of hydrogen-bond donors (Lipinski definition) is 1. The van der Waals surface area contributed by atoms with E-state index in [1.165, 1.54) is 6.07 Å². The Morgan fingerprint density at radius 1 is 1.16 bits per heavy atom. The van der Waals surface area contributed by atoms with Gasteiger partial charge in [0, 0.05) is 12.5 Å². The third kappa shape index (κ3) is 4.46. The van der Waals surface area contributed by atoms with Gasteiger partial charge >= 0.3 is 5.97 Å². The van der Waals surface area contributed by atoms with Gasteiger partial charge < -0.3 is 14.6 Å². The number of ether oxygens (including phenoxy) is 1. The van der Waals surface area contributed by atoms with Crippen molar-refractivity contribution < 1.29 is 28.4 Å². The Hall–Kier alpha value is -3.75. The molecule has 9 heteroatoms. The minimum atomic E-state index is -1.15. The van der Waals surface area contributed by atoms with Gasteiger partial charge in [-0.2, -0.15) is 0 Å². The van der Waals surface area contributed by atoms with Gasteiger partial charge in [0.05, 0.1) is 11.8 Å². The third-order valence-corrected chi connectivity index (χ3v) is 5.64. The largest absolute Gasteiger partial charge is 0.454 e. The van der Waals surface area contributed by atoms with Gasteiger partial charge in [-0.25, -0.2) is 4.79 Å². The molecular formula is C23H23N3O6. The smallest absolute Gasteiger partial charge is 0.330 e. The average molecular weight is 437 g/mol. The van der Waals surface area contributed by atoms with Crippen LogP contribution in [0.1, 0.15) is 24.2 Å². The molecule has 0 spiro atoms. The highest BCUT2D eigenvalue weighted by Crippen LogP contribution is 2.36. The summed E-state index contributed by atoms with van der Waals surface area (Å²) in [5.74, 6) is -2.37. The van der Waals surface area contributed by atoms with Crippen LogP contribution in [0.4, 0.5) is 5.82 Å². The monoisotopic (exact) mass is 437 g/mol. The summed E-state index contributed by atoms with van der Waals surface area (Å²) in [5.41, 5.74) is 0.769. The van der Waals surface area contributed by atoms with E-state index in [1.807, 2.05) is 30.4 Å². The van der Waals surface area contributed by atoms with E-state index in [9.17, 15) is 19.2 Å². The minimum Gasteiger partial charge on any atom is -0.454 e. The number of rotatable bonds is 7. The van der Waals surface area contributed by atoms with Gasteiger partial charge in [-0.1, -0.05) is 47.6 Å². The summed E-state index contributed by atoms with van der Waals surface area (Å²) in [6, 6.07) is 9.43. The van der Waals surface area contributed by atoms with Crippen LogP contribution in [0.15, 0.2) is 53.1 Å². The number of aryl methyl sites for hydroxylation is 1. The van der Waals surface area contributed by atoms with Crippen LogP contribution in [0.2, 0.25) is 0 Å². The predicted octanol–water partition coefficient (Wildman–Crippen LogP) is 2.03. The number of amides is 3. The highest BCUT2D eigenvalue weighted by atomic mass is 16.5. The lowest BCUT2D eigenvalue weighted by Gasteiger charge is -2.25. The predicted molar refractivity (Wildman–Crippen MR) is 112 cm³/mol. The first-order chi connectivity index (χ1) is 15.4. The fourth-order valence-electron chi connectivity index (χ4n) is 4.09. The maximum Gasteiger partial charge on any atom is 0.330 e. The first-order valence-electron chi connectivity index (χ1n) is 10.4. The van der Waals surface area contributed by atoms with E-state index in [2.05, 4.69) is 10.5 Å². The van der Waals surface area contributed by atoms with Crippen LogP contribution < -0.4 is 5.32 Å². The fraction of sp³-hybridized carbons (Fsp3) is 0.348. The number of esters is 1. The van der Waals surface area contributed by atoms with Crippen molar-refractivity contribution in [3.8, 4) is 0 Å². The lowest BCUT2D eigenvalue weighted by Crippen LogP contribution is -2.48. The molecule has 1 aromatic heterocycles. The molecule has 1 N–H and O–H groups in total. The number of nitrogens with zero attached hydrogens (tertiary/aromatic N) is 2. The van der Waals surface area contributed by atoms with Crippen LogP contribution >= 0.6 is 0 Å². The van der Waals surface area contributed by atoms with Crippen LogP contribution in [0.25, 0.3) is 0 Å². The quantitative estimate of drug-likeness (QED) is 0.400. The number of anilines is 1. The molecule has 0 radical (unpaired) electrons. The van der Waals surface area contributed by atoms with Crippen molar-refractivity contribution in [2.75, 3.05) is 11.9 Å². The number of hydrogen-bond acceptors (Lipinski definition) is 7. The van der Waals surface area contributed by atoms with Crippen molar-refractivity contribution in [1.29, 1.82) is 0 Å². The number of benzene rings is 1. The van der Waals surface area contributed by atoms with Crippen molar-refractivity contribution >= 4 is 29.5 Å². The molecule has 4 rings (SSSR count). The number of nitrogens with one attached hydrogen (secondary N) is 1. The second kappa shape index (κ2) is 9.17. The molecular weight excluding hydrogens is 414 g/mol. The maximum atomic E-state index is 13.0. The SMILES string of the molecule is Cc1cc(NC(=O)COC(=O)[C@H](Cc2ccccc2)N2C(=O)[C@H]3CC=CC[C@@H]3C2=O)no1. The Morgan fingerprint density at radius 2 is 1.81 bits per heavy atom. The molecule has 2 heterocycles. The van der Waals surface area contributed by atoms with Gasteiger partial charge in [0.1, 0.15) is 11.8 Å². The van der Waals surface area contributed by atoms with Crippen LogP contribution in [0.5, 0.6) is 0 Å². The molecule has 1 aliphatic heterocycles. The van der Waals surface area contributed by atoms with Crippen molar-refractivity contribution in [3.05, 3.63) is 59.9 Å². The Balaban J connectivity index is 1.49. The molecule has 3 amide bonds. The highest BCUT2D eigenvalue weighted by Gasteiger charge is 2.51. The van der Waals surface area contributed by atoms with Gasteiger partial charge in [0.2, 0.25) is 11.8 Å². The molecule has 9 nitrogen and oxygen atoms in total. The Kier molecular flexibility index (Phi) is 6.16. The number of imide groups is 1. The number of likely N-dealkylation sites (tertiary alicyclic amines) is 1.